The van der Waals surface area contributed by atoms with Crippen LogP contribution in [0.3, 0.4) is 0 Å². The molecule has 1 heteroatoms. The molecule has 0 unspecified atom stereocenters. The zero-order chi connectivity index (χ0) is 8.69. The van der Waals surface area contributed by atoms with E-state index in [9.17, 15) is 0 Å². The Hall–Kier alpha value is -0.820. The van der Waals surface area contributed by atoms with Gasteiger partial charge in [0.25, 0.3) is 0 Å². The zero-order valence-corrected chi connectivity index (χ0v) is 7.65. The van der Waals surface area contributed by atoms with Gasteiger partial charge in [-0.05, 0) is 32.0 Å². The molecule has 0 fully saturated rings. The summed E-state index contributed by atoms with van der Waals surface area (Å²) < 4.78 is 0. The van der Waals surface area contributed by atoms with Crippen molar-refractivity contribution in [3.8, 4) is 0 Å². The highest BCUT2D eigenvalue weighted by Crippen LogP contribution is 2.08. The maximum atomic E-state index is 3.75. The third-order valence-corrected chi connectivity index (χ3v) is 1.62. The fourth-order valence-corrected chi connectivity index (χ4v) is 0.996. The summed E-state index contributed by atoms with van der Waals surface area (Å²) in [5.41, 5.74) is 2.51. The number of hydrogen-bond acceptors (Lipinski definition) is 1. The van der Waals surface area contributed by atoms with Crippen molar-refractivity contribution in [2.45, 2.75) is 13.8 Å². The molecule has 0 aromatic carbocycles. The van der Waals surface area contributed by atoms with E-state index in [1.807, 2.05) is 27.0 Å². The van der Waals surface area contributed by atoms with Gasteiger partial charge in [0, 0.05) is 6.54 Å². The van der Waals surface area contributed by atoms with Crippen molar-refractivity contribution in [1.29, 1.82) is 0 Å². The number of hydrogen-bond donors (Lipinski definition) is 1. The van der Waals surface area contributed by atoms with Crippen molar-refractivity contribution in [2.24, 2.45) is 0 Å². The second-order valence-electron chi connectivity index (χ2n) is 2.29. The molecule has 0 amide bonds. The summed E-state index contributed by atoms with van der Waals surface area (Å²) in [5.74, 6) is 0. The summed E-state index contributed by atoms with van der Waals surface area (Å²) in [6.07, 6.45) is 6.06. The minimum atomic E-state index is 0.905. The molecule has 0 aromatic rings. The summed E-state index contributed by atoms with van der Waals surface area (Å²) in [4.78, 5) is 0. The van der Waals surface area contributed by atoms with Gasteiger partial charge in [0.2, 0.25) is 0 Å². The van der Waals surface area contributed by atoms with Crippen molar-refractivity contribution < 1.29 is 0 Å². The van der Waals surface area contributed by atoms with E-state index in [1.54, 1.807) is 0 Å². The molecule has 0 aliphatic heterocycles. The standard InChI is InChI=1S/C10H17N/c1-5-9(6-2)10(7-3)8-11-4/h5-7,11H,1,8H2,2-4H3/b9-6-,10-7-. The lowest BCUT2D eigenvalue weighted by molar-refractivity contribution is 0.887. The molecular weight excluding hydrogens is 134 g/mol. The highest BCUT2D eigenvalue weighted by atomic mass is 14.8. The molecule has 62 valence electrons. The van der Waals surface area contributed by atoms with Gasteiger partial charge in [0.15, 0.2) is 0 Å². The predicted octanol–water partition coefficient (Wildman–Crippen LogP) is 2.28. The lowest BCUT2D eigenvalue weighted by Crippen LogP contribution is -2.11. The number of likely N-dealkylation sites (N-methyl/N-ethyl adjacent to an activating group) is 1. The molecule has 0 aliphatic carbocycles. The van der Waals surface area contributed by atoms with Crippen LogP contribution in [0.5, 0.6) is 0 Å². The summed E-state index contributed by atoms with van der Waals surface area (Å²) in [6, 6.07) is 0. The van der Waals surface area contributed by atoms with E-state index in [0.29, 0.717) is 0 Å². The molecule has 0 saturated heterocycles. The molecule has 0 aromatic heterocycles. The van der Waals surface area contributed by atoms with Crippen LogP contribution < -0.4 is 5.32 Å². The quantitative estimate of drug-likeness (QED) is 0.608. The van der Waals surface area contributed by atoms with Gasteiger partial charge in [0.05, 0.1) is 0 Å². The van der Waals surface area contributed by atoms with Gasteiger partial charge in [0.1, 0.15) is 0 Å². The lowest BCUT2D eigenvalue weighted by Gasteiger charge is -2.05. The molecule has 0 aliphatic rings. The van der Waals surface area contributed by atoms with Crippen molar-refractivity contribution in [3.05, 3.63) is 36.0 Å². The van der Waals surface area contributed by atoms with Crippen LogP contribution >= 0.6 is 0 Å². The molecular formula is C10H17N. The monoisotopic (exact) mass is 151 g/mol. The summed E-state index contributed by atoms with van der Waals surface area (Å²) in [5, 5.41) is 3.11. The van der Waals surface area contributed by atoms with Crippen LogP contribution in [-0.4, -0.2) is 13.6 Å². The van der Waals surface area contributed by atoms with Gasteiger partial charge >= 0.3 is 0 Å². The summed E-state index contributed by atoms with van der Waals surface area (Å²) in [6.45, 7) is 8.72. The Bertz CT molecular complexity index is 175. The fourth-order valence-electron chi connectivity index (χ4n) is 0.996. The van der Waals surface area contributed by atoms with Crippen molar-refractivity contribution in [3.63, 3.8) is 0 Å². The minimum absolute atomic E-state index is 0.905. The van der Waals surface area contributed by atoms with Crippen LogP contribution in [0.1, 0.15) is 13.8 Å². The van der Waals surface area contributed by atoms with E-state index in [2.05, 4.69) is 24.0 Å². The molecule has 0 heterocycles. The molecule has 0 atom stereocenters. The van der Waals surface area contributed by atoms with E-state index < -0.39 is 0 Å². The third kappa shape index (κ3) is 3.19. The van der Waals surface area contributed by atoms with Crippen LogP contribution in [0, 0.1) is 0 Å². The van der Waals surface area contributed by atoms with E-state index >= 15 is 0 Å². The average Bonchev–Trinajstić information content (AvgIpc) is 2.05. The first-order valence-corrected chi connectivity index (χ1v) is 3.89. The van der Waals surface area contributed by atoms with Gasteiger partial charge in [-0.15, -0.1) is 0 Å². The normalized spacial score (nSPS) is 13.4. The van der Waals surface area contributed by atoms with Gasteiger partial charge < -0.3 is 5.32 Å². The van der Waals surface area contributed by atoms with Crippen molar-refractivity contribution >= 4 is 0 Å². The van der Waals surface area contributed by atoms with Gasteiger partial charge in [-0.3, -0.25) is 0 Å². The lowest BCUT2D eigenvalue weighted by atomic mass is 10.1. The molecule has 11 heavy (non-hydrogen) atoms. The smallest absolute Gasteiger partial charge is 0.0205 e. The first kappa shape index (κ1) is 10.2. The van der Waals surface area contributed by atoms with Crippen molar-refractivity contribution in [1.82, 2.24) is 5.32 Å². The molecule has 1 nitrogen and oxygen atoms in total. The average molecular weight is 151 g/mol. The van der Waals surface area contributed by atoms with Crippen molar-refractivity contribution in [2.75, 3.05) is 13.6 Å². The molecule has 0 saturated carbocycles. The zero-order valence-electron chi connectivity index (χ0n) is 7.65. The number of allylic oxidation sites excluding steroid dienone is 3. The van der Waals surface area contributed by atoms with Crippen LogP contribution in [0.2, 0.25) is 0 Å². The number of rotatable bonds is 4. The molecule has 0 rings (SSSR count). The predicted molar refractivity (Wildman–Crippen MR) is 51.6 cm³/mol. The van der Waals surface area contributed by atoms with Crippen LogP contribution in [0.4, 0.5) is 0 Å². The van der Waals surface area contributed by atoms with E-state index in [1.165, 1.54) is 11.1 Å². The van der Waals surface area contributed by atoms with Gasteiger partial charge in [-0.2, -0.15) is 0 Å². The van der Waals surface area contributed by atoms with Crippen LogP contribution in [0.15, 0.2) is 36.0 Å². The Kier molecular flexibility index (Phi) is 5.49. The Labute approximate surface area is 69.5 Å². The second-order valence-corrected chi connectivity index (χ2v) is 2.29. The molecule has 1 N–H and O–H groups in total. The second kappa shape index (κ2) is 5.93. The Morgan fingerprint density at radius 2 is 2.00 bits per heavy atom. The largest absolute Gasteiger partial charge is 0.316 e. The third-order valence-electron chi connectivity index (χ3n) is 1.62. The molecule has 0 bridgehead atoms. The van der Waals surface area contributed by atoms with Gasteiger partial charge in [-0.25, -0.2) is 0 Å². The molecule has 0 spiro atoms. The van der Waals surface area contributed by atoms with Crippen LogP contribution in [0.25, 0.3) is 0 Å². The Morgan fingerprint density at radius 3 is 2.27 bits per heavy atom. The first-order chi connectivity index (χ1) is 5.29. The first-order valence-electron chi connectivity index (χ1n) is 3.89. The van der Waals surface area contributed by atoms with E-state index in [-0.39, 0.29) is 0 Å². The molecule has 0 radical (unpaired) electrons. The minimum Gasteiger partial charge on any atom is -0.316 e. The summed E-state index contributed by atoms with van der Waals surface area (Å²) in [7, 11) is 1.94. The topological polar surface area (TPSA) is 12.0 Å². The maximum absolute atomic E-state index is 3.75. The highest BCUT2D eigenvalue weighted by Gasteiger charge is 1.96. The van der Waals surface area contributed by atoms with E-state index in [0.717, 1.165) is 6.54 Å². The fraction of sp³-hybridized carbons (Fsp3) is 0.400. The highest BCUT2D eigenvalue weighted by molar-refractivity contribution is 5.38. The number of nitrogens with one attached hydrogen (secondary N) is 1. The van der Waals surface area contributed by atoms with E-state index in [4.69, 9.17) is 0 Å². The maximum Gasteiger partial charge on any atom is 0.0205 e. The SMILES string of the molecule is C=CC(=C/C)/C(=C\C)CNC. The Morgan fingerprint density at radius 1 is 1.36 bits per heavy atom. The Balaban J connectivity index is 4.37. The summed E-state index contributed by atoms with van der Waals surface area (Å²) >= 11 is 0. The van der Waals surface area contributed by atoms with Crippen LogP contribution in [-0.2, 0) is 0 Å². The van der Waals surface area contributed by atoms with Gasteiger partial charge in [-0.1, -0.05) is 24.8 Å².